The van der Waals surface area contributed by atoms with E-state index in [4.69, 9.17) is 11.6 Å². The average molecular weight is 221 g/mol. The van der Waals surface area contributed by atoms with Crippen LogP contribution in [0.4, 0.5) is 0 Å². The minimum atomic E-state index is 0.587. The Balaban J connectivity index is 2.56. The van der Waals surface area contributed by atoms with E-state index in [9.17, 15) is 0 Å². The standard InChI is InChI=1S/C12H13ClN2/c1-8-5-10-6-9(7-14-2)3-4-11(10)15-12(8)13/h3-6,14H,7H2,1-2H3. The molecule has 2 nitrogen and oxygen atoms in total. The van der Waals surface area contributed by atoms with Gasteiger partial charge in [-0.2, -0.15) is 0 Å². The molecule has 78 valence electrons. The summed E-state index contributed by atoms with van der Waals surface area (Å²) < 4.78 is 0. The number of benzene rings is 1. The molecule has 0 saturated carbocycles. The van der Waals surface area contributed by atoms with Crippen LogP contribution in [0, 0.1) is 6.92 Å². The Morgan fingerprint density at radius 1 is 1.33 bits per heavy atom. The highest BCUT2D eigenvalue weighted by molar-refractivity contribution is 6.30. The Bertz CT molecular complexity index is 494. The van der Waals surface area contributed by atoms with Crippen molar-refractivity contribution in [3.05, 3.63) is 40.5 Å². The van der Waals surface area contributed by atoms with Crippen LogP contribution in [-0.2, 0) is 6.54 Å². The lowest BCUT2D eigenvalue weighted by Crippen LogP contribution is -2.04. The molecule has 0 atom stereocenters. The molecule has 0 amide bonds. The number of aryl methyl sites for hydroxylation is 1. The van der Waals surface area contributed by atoms with Crippen molar-refractivity contribution in [2.45, 2.75) is 13.5 Å². The third-order valence-electron chi connectivity index (χ3n) is 2.39. The molecule has 1 heterocycles. The largest absolute Gasteiger partial charge is 0.316 e. The quantitative estimate of drug-likeness (QED) is 0.788. The van der Waals surface area contributed by atoms with Crippen LogP contribution in [0.1, 0.15) is 11.1 Å². The molecule has 0 aliphatic rings. The van der Waals surface area contributed by atoms with E-state index in [1.807, 2.05) is 20.0 Å². The van der Waals surface area contributed by atoms with Crippen molar-refractivity contribution in [3.8, 4) is 0 Å². The maximum Gasteiger partial charge on any atom is 0.132 e. The normalized spacial score (nSPS) is 10.9. The summed E-state index contributed by atoms with van der Waals surface area (Å²) in [4.78, 5) is 4.32. The van der Waals surface area contributed by atoms with Gasteiger partial charge in [0.15, 0.2) is 0 Å². The summed E-state index contributed by atoms with van der Waals surface area (Å²) in [5, 5.41) is 4.86. The molecule has 1 aromatic heterocycles. The maximum atomic E-state index is 5.97. The molecule has 2 aromatic rings. The van der Waals surface area contributed by atoms with E-state index in [1.165, 1.54) is 5.56 Å². The molecule has 2 rings (SSSR count). The second-order valence-corrected chi connectivity index (χ2v) is 4.01. The number of nitrogens with one attached hydrogen (secondary N) is 1. The van der Waals surface area contributed by atoms with Crippen LogP contribution in [-0.4, -0.2) is 12.0 Å². The molecule has 0 saturated heterocycles. The van der Waals surface area contributed by atoms with E-state index in [2.05, 4.69) is 28.5 Å². The minimum absolute atomic E-state index is 0.587. The number of fused-ring (bicyclic) bond motifs is 1. The highest BCUT2D eigenvalue weighted by Crippen LogP contribution is 2.20. The van der Waals surface area contributed by atoms with E-state index in [1.54, 1.807) is 0 Å². The van der Waals surface area contributed by atoms with Crippen molar-refractivity contribution in [3.63, 3.8) is 0 Å². The predicted molar refractivity (Wildman–Crippen MR) is 64.3 cm³/mol. The van der Waals surface area contributed by atoms with Gasteiger partial charge in [-0.3, -0.25) is 0 Å². The van der Waals surface area contributed by atoms with Crippen LogP contribution in [0.15, 0.2) is 24.3 Å². The summed E-state index contributed by atoms with van der Waals surface area (Å²) in [5.41, 5.74) is 3.23. The van der Waals surface area contributed by atoms with Gasteiger partial charge in [-0.15, -0.1) is 0 Å². The second-order valence-electron chi connectivity index (χ2n) is 3.65. The molecular formula is C12H13ClN2. The van der Waals surface area contributed by atoms with Gasteiger partial charge in [0.2, 0.25) is 0 Å². The Morgan fingerprint density at radius 3 is 2.87 bits per heavy atom. The van der Waals surface area contributed by atoms with Crippen molar-refractivity contribution in [2.75, 3.05) is 7.05 Å². The SMILES string of the molecule is CNCc1ccc2nc(Cl)c(C)cc2c1. The van der Waals surface area contributed by atoms with E-state index in [-0.39, 0.29) is 0 Å². The molecule has 3 heteroatoms. The summed E-state index contributed by atoms with van der Waals surface area (Å²) >= 11 is 5.97. The molecule has 0 fully saturated rings. The molecule has 0 bridgehead atoms. The van der Waals surface area contributed by atoms with Gasteiger partial charge in [0.1, 0.15) is 5.15 Å². The summed E-state index contributed by atoms with van der Waals surface area (Å²) in [5.74, 6) is 0. The van der Waals surface area contributed by atoms with Crippen molar-refractivity contribution in [1.82, 2.24) is 10.3 Å². The molecule has 0 aliphatic heterocycles. The molecule has 0 unspecified atom stereocenters. The molecular weight excluding hydrogens is 208 g/mol. The van der Waals surface area contributed by atoms with Gasteiger partial charge in [-0.05, 0) is 43.3 Å². The monoisotopic (exact) mass is 220 g/mol. The van der Waals surface area contributed by atoms with E-state index < -0.39 is 0 Å². The van der Waals surface area contributed by atoms with Gasteiger partial charge < -0.3 is 5.32 Å². The van der Waals surface area contributed by atoms with Crippen molar-refractivity contribution in [2.24, 2.45) is 0 Å². The Morgan fingerprint density at radius 2 is 2.13 bits per heavy atom. The van der Waals surface area contributed by atoms with Crippen molar-refractivity contribution in [1.29, 1.82) is 0 Å². The van der Waals surface area contributed by atoms with Gasteiger partial charge in [0, 0.05) is 11.9 Å². The fraction of sp³-hybridized carbons (Fsp3) is 0.250. The van der Waals surface area contributed by atoms with Gasteiger partial charge in [-0.1, -0.05) is 17.7 Å². The number of aromatic nitrogens is 1. The second kappa shape index (κ2) is 4.17. The first kappa shape index (κ1) is 10.4. The molecule has 1 N–H and O–H groups in total. The first-order chi connectivity index (χ1) is 7.20. The van der Waals surface area contributed by atoms with E-state index >= 15 is 0 Å². The summed E-state index contributed by atoms with van der Waals surface area (Å²) in [7, 11) is 1.94. The topological polar surface area (TPSA) is 24.9 Å². The summed E-state index contributed by atoms with van der Waals surface area (Å²) in [6.07, 6.45) is 0. The zero-order valence-electron chi connectivity index (χ0n) is 8.84. The smallest absolute Gasteiger partial charge is 0.132 e. The third kappa shape index (κ3) is 2.11. The van der Waals surface area contributed by atoms with Crippen LogP contribution in [0.3, 0.4) is 0 Å². The third-order valence-corrected chi connectivity index (χ3v) is 2.77. The van der Waals surface area contributed by atoms with Crippen LogP contribution < -0.4 is 5.32 Å². The van der Waals surface area contributed by atoms with Crippen molar-refractivity contribution < 1.29 is 0 Å². The Hall–Kier alpha value is -1.12. The molecule has 0 aliphatic carbocycles. The van der Waals surface area contributed by atoms with Gasteiger partial charge in [0.25, 0.3) is 0 Å². The maximum absolute atomic E-state index is 5.97. The van der Waals surface area contributed by atoms with Gasteiger partial charge >= 0.3 is 0 Å². The fourth-order valence-electron chi connectivity index (χ4n) is 1.62. The number of pyridine rings is 1. The van der Waals surface area contributed by atoms with Crippen LogP contribution in [0.2, 0.25) is 5.15 Å². The Kier molecular flexibility index (Phi) is 2.89. The van der Waals surface area contributed by atoms with Crippen molar-refractivity contribution >= 4 is 22.5 Å². The van der Waals surface area contributed by atoms with E-state index in [0.29, 0.717) is 5.15 Å². The Labute approximate surface area is 94.3 Å². The highest BCUT2D eigenvalue weighted by atomic mass is 35.5. The zero-order chi connectivity index (χ0) is 10.8. The first-order valence-corrected chi connectivity index (χ1v) is 5.29. The summed E-state index contributed by atoms with van der Waals surface area (Å²) in [6.45, 7) is 2.84. The van der Waals surface area contributed by atoms with Gasteiger partial charge in [0.05, 0.1) is 5.52 Å². The fourth-order valence-corrected chi connectivity index (χ4v) is 1.77. The van der Waals surface area contributed by atoms with Crippen LogP contribution >= 0.6 is 11.6 Å². The number of hydrogen-bond acceptors (Lipinski definition) is 2. The highest BCUT2D eigenvalue weighted by Gasteiger charge is 2.01. The lowest BCUT2D eigenvalue weighted by atomic mass is 10.1. The van der Waals surface area contributed by atoms with Gasteiger partial charge in [-0.25, -0.2) is 4.98 Å². The number of nitrogens with zero attached hydrogens (tertiary/aromatic N) is 1. The number of hydrogen-bond donors (Lipinski definition) is 1. The number of rotatable bonds is 2. The average Bonchev–Trinajstić information content (AvgIpc) is 2.21. The van der Waals surface area contributed by atoms with Crippen LogP contribution in [0.5, 0.6) is 0 Å². The molecule has 0 radical (unpaired) electrons. The zero-order valence-corrected chi connectivity index (χ0v) is 9.60. The summed E-state index contributed by atoms with van der Waals surface area (Å²) in [6, 6.07) is 8.29. The predicted octanol–water partition coefficient (Wildman–Crippen LogP) is 2.92. The van der Waals surface area contributed by atoms with Crippen LogP contribution in [0.25, 0.3) is 10.9 Å². The lowest BCUT2D eigenvalue weighted by Gasteiger charge is -2.04. The number of halogens is 1. The minimum Gasteiger partial charge on any atom is -0.316 e. The lowest BCUT2D eigenvalue weighted by molar-refractivity contribution is 0.819. The molecule has 1 aromatic carbocycles. The molecule has 15 heavy (non-hydrogen) atoms. The molecule has 0 spiro atoms. The van der Waals surface area contributed by atoms with E-state index in [0.717, 1.165) is 23.0 Å². The first-order valence-electron chi connectivity index (χ1n) is 4.91.